The quantitative estimate of drug-likeness (QED) is 0.637. The minimum absolute atomic E-state index is 0.0419. The molecular formula is C23H24FN5O2S. The zero-order chi connectivity index (χ0) is 21.7. The van der Waals surface area contributed by atoms with Crippen molar-refractivity contribution in [2.45, 2.75) is 42.8 Å². The molecule has 0 radical (unpaired) electrons. The first kappa shape index (κ1) is 20.1. The van der Waals surface area contributed by atoms with E-state index in [0.717, 1.165) is 50.5 Å². The normalized spacial score (nSPS) is 20.6. The molecule has 1 unspecified atom stereocenters. The van der Waals surface area contributed by atoms with Crippen molar-refractivity contribution in [3.63, 3.8) is 0 Å². The summed E-state index contributed by atoms with van der Waals surface area (Å²) in [5.41, 5.74) is 2.95. The molecule has 0 bridgehead atoms. The molecule has 32 heavy (non-hydrogen) atoms. The molecule has 0 saturated carbocycles. The number of piperidine rings is 1. The molecule has 0 spiro atoms. The number of ether oxygens (including phenoxy) is 1. The van der Waals surface area contributed by atoms with Crippen LogP contribution in [-0.4, -0.2) is 51.0 Å². The first-order valence-electron chi connectivity index (χ1n) is 11.0. The minimum Gasteiger partial charge on any atom is -0.480 e. The average Bonchev–Trinajstić information content (AvgIpc) is 3.43. The lowest BCUT2D eigenvalue weighted by molar-refractivity contribution is 0.174. The lowest BCUT2D eigenvalue weighted by Gasteiger charge is -2.34. The fourth-order valence-electron chi connectivity index (χ4n) is 5.10. The number of likely N-dealkylation sites (tertiary alicyclic amines) is 1. The molecule has 166 valence electrons. The molecule has 6 heterocycles. The van der Waals surface area contributed by atoms with E-state index in [2.05, 4.69) is 26.3 Å². The van der Waals surface area contributed by atoms with Crippen LogP contribution in [0.5, 0.6) is 5.75 Å². The molecule has 1 atom stereocenters. The number of rotatable bonds is 5. The summed E-state index contributed by atoms with van der Waals surface area (Å²) in [6.45, 7) is 3.41. The molecule has 0 aliphatic carbocycles. The minimum atomic E-state index is -0.313. The SMILES string of the molecule is O=c1ccc2ncc(F)c3c2n1C(CN1CCC(NCc2cc4c(cn2)OCS4)CC1)C3. The predicted molar refractivity (Wildman–Crippen MR) is 121 cm³/mol. The Kier molecular flexibility index (Phi) is 5.12. The number of hydrogen-bond donors (Lipinski definition) is 1. The molecule has 0 amide bonds. The third kappa shape index (κ3) is 3.58. The van der Waals surface area contributed by atoms with Gasteiger partial charge in [-0.3, -0.25) is 14.8 Å². The molecule has 1 fully saturated rings. The van der Waals surface area contributed by atoms with Gasteiger partial charge in [0.05, 0.1) is 40.1 Å². The highest BCUT2D eigenvalue weighted by atomic mass is 32.2. The van der Waals surface area contributed by atoms with Crippen molar-refractivity contribution >= 4 is 22.8 Å². The van der Waals surface area contributed by atoms with Gasteiger partial charge in [0.2, 0.25) is 0 Å². The van der Waals surface area contributed by atoms with Gasteiger partial charge in [-0.25, -0.2) is 4.39 Å². The van der Waals surface area contributed by atoms with Gasteiger partial charge in [0.15, 0.2) is 5.75 Å². The smallest absolute Gasteiger partial charge is 0.251 e. The van der Waals surface area contributed by atoms with Crippen molar-refractivity contribution in [1.82, 2.24) is 24.8 Å². The summed E-state index contributed by atoms with van der Waals surface area (Å²) in [5, 5.41) is 3.64. The second kappa shape index (κ2) is 8.13. The third-order valence-electron chi connectivity index (χ3n) is 6.75. The van der Waals surface area contributed by atoms with Crippen molar-refractivity contribution in [2.75, 3.05) is 25.6 Å². The summed E-state index contributed by atoms with van der Waals surface area (Å²) in [5.74, 6) is 1.24. The highest BCUT2D eigenvalue weighted by molar-refractivity contribution is 7.99. The third-order valence-corrected chi connectivity index (χ3v) is 7.61. The maximum Gasteiger partial charge on any atom is 0.251 e. The summed E-state index contributed by atoms with van der Waals surface area (Å²) < 4.78 is 21.6. The number of nitrogens with one attached hydrogen (secondary N) is 1. The van der Waals surface area contributed by atoms with Crippen LogP contribution in [0.15, 0.2) is 40.3 Å². The summed E-state index contributed by atoms with van der Waals surface area (Å²) in [6.07, 6.45) is 5.71. The summed E-state index contributed by atoms with van der Waals surface area (Å²) >= 11 is 1.71. The maximum absolute atomic E-state index is 14.4. The number of thioether (sulfide) groups is 1. The monoisotopic (exact) mass is 453 g/mol. The lowest BCUT2D eigenvalue weighted by atomic mass is 10.0. The average molecular weight is 454 g/mol. The van der Waals surface area contributed by atoms with Crippen molar-refractivity contribution in [3.8, 4) is 5.75 Å². The van der Waals surface area contributed by atoms with Gasteiger partial charge in [0.1, 0.15) is 11.8 Å². The predicted octanol–water partition coefficient (Wildman–Crippen LogP) is 2.72. The molecule has 3 aliphatic heterocycles. The lowest BCUT2D eigenvalue weighted by Crippen LogP contribution is -2.44. The Balaban J connectivity index is 1.07. The Morgan fingerprint density at radius 1 is 1.22 bits per heavy atom. The first-order valence-corrected chi connectivity index (χ1v) is 12.0. The topological polar surface area (TPSA) is 72.3 Å². The molecule has 9 heteroatoms. The van der Waals surface area contributed by atoms with Gasteiger partial charge in [-0.15, -0.1) is 0 Å². The number of nitrogens with zero attached hydrogens (tertiary/aromatic N) is 4. The molecule has 3 aromatic rings. The summed E-state index contributed by atoms with van der Waals surface area (Å²) in [4.78, 5) is 24.8. The van der Waals surface area contributed by atoms with Crippen LogP contribution in [0, 0.1) is 5.82 Å². The van der Waals surface area contributed by atoms with E-state index in [1.54, 1.807) is 28.5 Å². The summed E-state index contributed by atoms with van der Waals surface area (Å²) in [6, 6.07) is 5.75. The van der Waals surface area contributed by atoms with E-state index < -0.39 is 0 Å². The van der Waals surface area contributed by atoms with Crippen LogP contribution in [-0.2, 0) is 13.0 Å². The van der Waals surface area contributed by atoms with E-state index in [-0.39, 0.29) is 17.4 Å². The van der Waals surface area contributed by atoms with Crippen molar-refractivity contribution in [2.24, 2.45) is 0 Å². The van der Waals surface area contributed by atoms with Gasteiger partial charge >= 0.3 is 0 Å². The zero-order valence-electron chi connectivity index (χ0n) is 17.6. The van der Waals surface area contributed by atoms with Gasteiger partial charge < -0.3 is 19.5 Å². The fraction of sp³-hybridized carbons (Fsp3) is 0.435. The Labute approximate surface area is 189 Å². The highest BCUT2D eigenvalue weighted by Crippen LogP contribution is 2.35. The van der Waals surface area contributed by atoms with E-state index >= 15 is 0 Å². The molecule has 1 saturated heterocycles. The molecule has 3 aromatic heterocycles. The van der Waals surface area contributed by atoms with Crippen molar-refractivity contribution in [3.05, 3.63) is 58.0 Å². The molecule has 3 aliphatic rings. The number of halogens is 1. The number of pyridine rings is 3. The van der Waals surface area contributed by atoms with Gasteiger partial charge in [-0.2, -0.15) is 0 Å². The van der Waals surface area contributed by atoms with E-state index in [0.29, 0.717) is 35.0 Å². The van der Waals surface area contributed by atoms with Crippen LogP contribution in [0.25, 0.3) is 11.0 Å². The van der Waals surface area contributed by atoms with Crippen LogP contribution >= 0.6 is 11.8 Å². The summed E-state index contributed by atoms with van der Waals surface area (Å²) in [7, 11) is 0. The van der Waals surface area contributed by atoms with Crippen molar-refractivity contribution < 1.29 is 9.13 Å². The Hall–Kier alpha value is -2.49. The Morgan fingerprint density at radius 2 is 2.09 bits per heavy atom. The van der Waals surface area contributed by atoms with Gasteiger partial charge in [-0.05, 0) is 44.5 Å². The Morgan fingerprint density at radius 3 is 2.97 bits per heavy atom. The van der Waals surface area contributed by atoms with Gasteiger partial charge in [-0.1, -0.05) is 11.8 Å². The second-order valence-electron chi connectivity index (χ2n) is 8.70. The van der Waals surface area contributed by atoms with E-state index in [4.69, 9.17) is 4.74 Å². The molecule has 1 N–H and O–H groups in total. The van der Waals surface area contributed by atoms with Crippen LogP contribution < -0.4 is 15.6 Å². The standard InChI is InChI=1S/C23H24FN5O2S/c24-18-10-27-19-1-2-22(30)29-16(8-17(18)23(19)29)12-28-5-3-14(4-6-28)25-9-15-7-21-20(11-26-15)31-13-32-21/h1-2,7,10-11,14,16,25H,3-6,8-9,12-13H2. The van der Waals surface area contributed by atoms with Crippen LogP contribution in [0.2, 0.25) is 0 Å². The second-order valence-corrected chi connectivity index (χ2v) is 9.67. The van der Waals surface area contributed by atoms with Crippen LogP contribution in [0.3, 0.4) is 0 Å². The van der Waals surface area contributed by atoms with E-state index in [1.165, 1.54) is 11.1 Å². The van der Waals surface area contributed by atoms with E-state index in [9.17, 15) is 9.18 Å². The van der Waals surface area contributed by atoms with Crippen molar-refractivity contribution in [1.29, 1.82) is 0 Å². The number of hydrogen-bond acceptors (Lipinski definition) is 7. The van der Waals surface area contributed by atoms with Crippen LogP contribution in [0.1, 0.15) is 30.1 Å². The zero-order valence-corrected chi connectivity index (χ0v) is 18.4. The fourth-order valence-corrected chi connectivity index (χ4v) is 5.89. The first-order chi connectivity index (χ1) is 15.7. The number of fused-ring (bicyclic) bond motifs is 1. The Bertz CT molecular complexity index is 1240. The molecular weight excluding hydrogens is 429 g/mol. The van der Waals surface area contributed by atoms with Gasteiger partial charge in [0.25, 0.3) is 5.56 Å². The largest absolute Gasteiger partial charge is 0.480 e. The molecule has 7 nitrogen and oxygen atoms in total. The van der Waals surface area contributed by atoms with Crippen LogP contribution in [0.4, 0.5) is 4.39 Å². The van der Waals surface area contributed by atoms with Gasteiger partial charge in [0, 0.05) is 30.8 Å². The molecule has 6 rings (SSSR count). The maximum atomic E-state index is 14.4. The highest BCUT2D eigenvalue weighted by Gasteiger charge is 2.30. The number of aromatic nitrogens is 3. The molecule has 0 aromatic carbocycles. The van der Waals surface area contributed by atoms with E-state index in [1.807, 2.05) is 6.20 Å².